The Morgan fingerprint density at radius 1 is 1.21 bits per heavy atom. The third kappa shape index (κ3) is 4.71. The summed E-state index contributed by atoms with van der Waals surface area (Å²) in [4.78, 5) is 45.5. The molecule has 1 amide bonds. The molecule has 1 saturated heterocycles. The highest BCUT2D eigenvalue weighted by molar-refractivity contribution is 7.17. The molecule has 0 radical (unpaired) electrons. The number of aryl methyl sites for hydroxylation is 1. The van der Waals surface area contributed by atoms with Gasteiger partial charge in [-0.15, -0.1) is 0 Å². The van der Waals surface area contributed by atoms with Crippen LogP contribution in [0, 0.1) is 6.92 Å². The Kier molecular flexibility index (Phi) is 7.03. The largest absolute Gasteiger partial charge is 0.507 e. The van der Waals surface area contributed by atoms with E-state index in [1.165, 1.54) is 4.90 Å². The first-order valence-corrected chi connectivity index (χ1v) is 13.8. The molecule has 5 rings (SSSR count). The highest BCUT2D eigenvalue weighted by Crippen LogP contribution is 2.44. The summed E-state index contributed by atoms with van der Waals surface area (Å²) in [7, 11) is 0. The summed E-state index contributed by atoms with van der Waals surface area (Å²) < 4.78 is 10.9. The summed E-state index contributed by atoms with van der Waals surface area (Å²) in [6, 6.07) is 11.9. The zero-order valence-corrected chi connectivity index (χ0v) is 23.3. The van der Waals surface area contributed by atoms with Crippen molar-refractivity contribution in [3.63, 3.8) is 0 Å². The van der Waals surface area contributed by atoms with Gasteiger partial charge in [0.2, 0.25) is 0 Å². The Hall–Kier alpha value is -3.98. The molecule has 0 saturated carbocycles. The number of benzene rings is 2. The summed E-state index contributed by atoms with van der Waals surface area (Å²) >= 11 is 0.990. The molecule has 2 aromatic carbocycles. The monoisotopic (exact) mass is 546 g/mol. The third-order valence-electron chi connectivity index (χ3n) is 6.98. The van der Waals surface area contributed by atoms with Crippen LogP contribution in [0.3, 0.4) is 0 Å². The molecular formula is C30H30N2O6S. The number of amides is 1. The van der Waals surface area contributed by atoms with E-state index < -0.39 is 23.7 Å². The Labute approximate surface area is 230 Å². The number of anilines is 1. The summed E-state index contributed by atoms with van der Waals surface area (Å²) in [6.45, 7) is 9.68. The number of nitrogens with zero attached hydrogens (tertiary/aromatic N) is 2. The summed E-state index contributed by atoms with van der Waals surface area (Å²) in [5.74, 6) is -1.42. The second-order valence-corrected chi connectivity index (χ2v) is 11.1. The number of aliphatic hydroxyl groups excluding tert-OH is 1. The number of hydrogen-bond acceptors (Lipinski definition) is 8. The Balaban J connectivity index is 1.66. The average Bonchev–Trinajstić information content (AvgIpc) is 3.55. The van der Waals surface area contributed by atoms with Crippen LogP contribution in [0.15, 0.2) is 48.0 Å². The van der Waals surface area contributed by atoms with Gasteiger partial charge in [0.15, 0.2) is 5.13 Å². The van der Waals surface area contributed by atoms with Crippen LogP contribution in [-0.2, 0) is 20.7 Å². The number of aromatic nitrogens is 1. The van der Waals surface area contributed by atoms with Crippen LogP contribution < -0.4 is 9.64 Å². The van der Waals surface area contributed by atoms with Gasteiger partial charge in [-0.2, -0.15) is 0 Å². The van der Waals surface area contributed by atoms with E-state index in [-0.39, 0.29) is 40.0 Å². The Morgan fingerprint density at radius 3 is 2.59 bits per heavy atom. The van der Waals surface area contributed by atoms with Crippen molar-refractivity contribution in [3.8, 4) is 5.75 Å². The molecule has 2 aliphatic rings. The van der Waals surface area contributed by atoms with E-state index in [0.717, 1.165) is 28.2 Å². The molecule has 1 aromatic heterocycles. The number of carbonyl (C=O) groups is 3. The SMILES string of the molecule is CCOC(=O)c1sc(N2C(=O)C(=O)C(=C(O)c3ccc4c(c3)C[C@@H](C)O4)[C@H]2c2ccc(C(C)C)cc2)nc1C. The standard InChI is InChI=1S/C30H30N2O6S/c1-6-37-29(36)27-17(5)31-30(39-27)32-24(19-9-7-18(8-10-19)15(2)3)23(26(34)28(32)35)25(33)20-11-12-22-21(14-20)13-16(4)38-22/h7-12,14-16,24,33H,6,13H2,1-5H3/t16-,24-/m1/s1. The van der Waals surface area contributed by atoms with Crippen molar-refractivity contribution in [1.82, 2.24) is 4.98 Å². The number of ether oxygens (including phenoxy) is 2. The summed E-state index contributed by atoms with van der Waals surface area (Å²) in [5, 5.41) is 11.7. The van der Waals surface area contributed by atoms with Crippen LogP contribution in [0.25, 0.3) is 5.76 Å². The summed E-state index contributed by atoms with van der Waals surface area (Å²) in [5.41, 5.74) is 3.46. The van der Waals surface area contributed by atoms with Gasteiger partial charge in [-0.1, -0.05) is 49.4 Å². The lowest BCUT2D eigenvalue weighted by atomic mass is 9.93. The molecular weight excluding hydrogens is 516 g/mol. The number of Topliss-reactive ketones (excluding diaryl/α,β-unsaturated/α-hetero) is 1. The van der Waals surface area contributed by atoms with Crippen molar-refractivity contribution in [2.45, 2.75) is 59.1 Å². The molecule has 0 spiro atoms. The fourth-order valence-electron chi connectivity index (χ4n) is 5.00. The molecule has 3 heterocycles. The predicted octanol–water partition coefficient (Wildman–Crippen LogP) is 5.70. The van der Waals surface area contributed by atoms with Crippen molar-refractivity contribution in [1.29, 1.82) is 0 Å². The van der Waals surface area contributed by atoms with Crippen LogP contribution in [0.1, 0.15) is 77.3 Å². The van der Waals surface area contributed by atoms with Crippen molar-refractivity contribution in [3.05, 3.63) is 80.9 Å². The highest BCUT2D eigenvalue weighted by Gasteiger charge is 2.48. The minimum atomic E-state index is -0.935. The number of esters is 1. The number of carbonyl (C=O) groups excluding carboxylic acids is 3. The smallest absolute Gasteiger partial charge is 0.350 e. The maximum Gasteiger partial charge on any atom is 0.350 e. The van der Waals surface area contributed by atoms with Crippen LogP contribution >= 0.6 is 11.3 Å². The molecule has 0 aliphatic carbocycles. The second-order valence-electron chi connectivity index (χ2n) is 10.1. The van der Waals surface area contributed by atoms with E-state index in [1.807, 2.05) is 31.2 Å². The first-order valence-electron chi connectivity index (χ1n) is 13.0. The van der Waals surface area contributed by atoms with E-state index in [0.29, 0.717) is 23.2 Å². The summed E-state index contributed by atoms with van der Waals surface area (Å²) in [6.07, 6.45) is 0.698. The molecule has 8 nitrogen and oxygen atoms in total. The average molecular weight is 547 g/mol. The molecule has 2 atom stereocenters. The lowest BCUT2D eigenvalue weighted by Gasteiger charge is -2.23. The Bertz CT molecular complexity index is 1500. The van der Waals surface area contributed by atoms with Crippen LogP contribution in [-0.4, -0.2) is 40.5 Å². The molecule has 202 valence electrons. The van der Waals surface area contributed by atoms with Gasteiger partial charge in [-0.25, -0.2) is 9.78 Å². The maximum atomic E-state index is 13.5. The zero-order valence-electron chi connectivity index (χ0n) is 22.5. The number of aliphatic hydroxyl groups is 1. The van der Waals surface area contributed by atoms with Crippen LogP contribution in [0.5, 0.6) is 5.75 Å². The number of hydrogen-bond donors (Lipinski definition) is 1. The fourth-order valence-corrected chi connectivity index (χ4v) is 5.99. The fraction of sp³-hybridized carbons (Fsp3) is 0.333. The van der Waals surface area contributed by atoms with Crippen molar-refractivity contribution in [2.75, 3.05) is 11.5 Å². The van der Waals surface area contributed by atoms with Gasteiger partial charge in [0.1, 0.15) is 22.5 Å². The lowest BCUT2D eigenvalue weighted by Crippen LogP contribution is -2.29. The number of fused-ring (bicyclic) bond motifs is 1. The maximum absolute atomic E-state index is 13.5. The van der Waals surface area contributed by atoms with E-state index in [9.17, 15) is 19.5 Å². The van der Waals surface area contributed by atoms with E-state index >= 15 is 0 Å². The minimum absolute atomic E-state index is 0.0178. The van der Waals surface area contributed by atoms with E-state index in [4.69, 9.17) is 9.47 Å². The van der Waals surface area contributed by atoms with Gasteiger partial charge in [0.25, 0.3) is 5.78 Å². The second kappa shape index (κ2) is 10.3. The zero-order chi connectivity index (χ0) is 28.0. The van der Waals surface area contributed by atoms with Gasteiger partial charge < -0.3 is 14.6 Å². The molecule has 39 heavy (non-hydrogen) atoms. The van der Waals surface area contributed by atoms with Gasteiger partial charge >= 0.3 is 11.9 Å². The van der Waals surface area contributed by atoms with Crippen molar-refractivity contribution in [2.24, 2.45) is 0 Å². The topological polar surface area (TPSA) is 106 Å². The molecule has 9 heteroatoms. The van der Waals surface area contributed by atoms with Crippen molar-refractivity contribution >= 4 is 39.9 Å². The molecule has 1 N–H and O–H groups in total. The van der Waals surface area contributed by atoms with Gasteiger partial charge in [0.05, 0.1) is 23.9 Å². The van der Waals surface area contributed by atoms with Crippen LogP contribution in [0.4, 0.5) is 5.13 Å². The normalized spacial score (nSPS) is 19.9. The van der Waals surface area contributed by atoms with Crippen molar-refractivity contribution < 1.29 is 29.0 Å². The molecule has 0 unspecified atom stereocenters. The van der Waals surface area contributed by atoms with E-state index in [2.05, 4.69) is 18.8 Å². The number of rotatable bonds is 6. The van der Waals surface area contributed by atoms with E-state index in [1.54, 1.807) is 32.0 Å². The van der Waals surface area contributed by atoms with Crippen LogP contribution in [0.2, 0.25) is 0 Å². The molecule has 2 aliphatic heterocycles. The van der Waals surface area contributed by atoms with Gasteiger partial charge in [-0.3, -0.25) is 14.5 Å². The highest BCUT2D eigenvalue weighted by atomic mass is 32.1. The quantitative estimate of drug-likeness (QED) is 0.183. The first-order chi connectivity index (χ1) is 18.6. The lowest BCUT2D eigenvalue weighted by molar-refractivity contribution is -0.132. The molecule has 3 aromatic rings. The third-order valence-corrected chi connectivity index (χ3v) is 8.12. The molecule has 0 bridgehead atoms. The number of ketones is 1. The Morgan fingerprint density at radius 2 is 1.92 bits per heavy atom. The van der Waals surface area contributed by atoms with Gasteiger partial charge in [-0.05, 0) is 61.6 Å². The minimum Gasteiger partial charge on any atom is -0.507 e. The molecule has 1 fully saturated rings. The van der Waals surface area contributed by atoms with Gasteiger partial charge in [0, 0.05) is 12.0 Å². The first kappa shape index (κ1) is 26.6. The predicted molar refractivity (Wildman–Crippen MR) is 148 cm³/mol. The number of thiazole rings is 1.